The highest BCUT2D eigenvalue weighted by Crippen LogP contribution is 2.49. The highest BCUT2D eigenvalue weighted by molar-refractivity contribution is 5.17. The van der Waals surface area contributed by atoms with E-state index in [1.165, 1.54) is 0 Å². The molecule has 4 heteroatoms. The molecule has 4 rings (SSSR count). The maximum Gasteiger partial charge on any atom is 0.184 e. The largest absolute Gasteiger partial charge is 0.369 e. The first kappa shape index (κ1) is 16.5. The lowest BCUT2D eigenvalue weighted by molar-refractivity contribution is -0.375. The minimum atomic E-state index is -0.415. The van der Waals surface area contributed by atoms with Crippen LogP contribution in [0, 0.1) is 0 Å². The molecule has 4 nitrogen and oxygen atoms in total. The third-order valence-electron chi connectivity index (χ3n) is 5.82. The van der Waals surface area contributed by atoms with Gasteiger partial charge in [-0.3, -0.25) is 0 Å². The van der Waals surface area contributed by atoms with Crippen molar-refractivity contribution in [3.05, 3.63) is 35.9 Å². The molecule has 5 atom stereocenters. The summed E-state index contributed by atoms with van der Waals surface area (Å²) in [6.45, 7) is 9.16. The van der Waals surface area contributed by atoms with Gasteiger partial charge in [0.25, 0.3) is 0 Å². The van der Waals surface area contributed by atoms with Crippen molar-refractivity contribution in [2.45, 2.75) is 82.3 Å². The molecule has 0 bridgehead atoms. The number of benzene rings is 1. The smallest absolute Gasteiger partial charge is 0.184 e. The first-order valence-corrected chi connectivity index (χ1v) is 9.00. The minimum Gasteiger partial charge on any atom is -0.369 e. The average molecular weight is 332 g/mol. The number of hydrogen-bond donors (Lipinski definition) is 0. The fourth-order valence-corrected chi connectivity index (χ4v) is 4.27. The Kier molecular flexibility index (Phi) is 3.81. The van der Waals surface area contributed by atoms with E-state index in [-0.39, 0.29) is 29.7 Å². The van der Waals surface area contributed by atoms with Crippen LogP contribution in [0.1, 0.15) is 58.8 Å². The van der Waals surface area contributed by atoms with Crippen LogP contribution in [0.15, 0.2) is 30.3 Å². The van der Waals surface area contributed by atoms with E-state index in [0.717, 1.165) is 24.8 Å². The molecule has 3 aliphatic heterocycles. The van der Waals surface area contributed by atoms with Gasteiger partial charge in [0.15, 0.2) is 6.29 Å². The van der Waals surface area contributed by atoms with Crippen molar-refractivity contribution in [3.8, 4) is 0 Å². The van der Waals surface area contributed by atoms with E-state index in [1.807, 2.05) is 30.3 Å². The molecule has 3 aliphatic rings. The number of fused-ring (bicyclic) bond motifs is 2. The molecule has 0 saturated carbocycles. The topological polar surface area (TPSA) is 36.9 Å². The predicted molar refractivity (Wildman–Crippen MR) is 90.7 cm³/mol. The summed E-state index contributed by atoms with van der Waals surface area (Å²) in [6.07, 6.45) is 2.58. The first-order chi connectivity index (χ1) is 11.3. The molecule has 0 N–H and O–H groups in total. The molecule has 0 amide bonds. The molecule has 24 heavy (non-hydrogen) atoms. The Morgan fingerprint density at radius 3 is 2.42 bits per heavy atom. The maximum absolute atomic E-state index is 6.57. The molecule has 3 fully saturated rings. The summed E-state index contributed by atoms with van der Waals surface area (Å²) in [5.41, 5.74) is 0.289. The summed E-state index contributed by atoms with van der Waals surface area (Å²) < 4.78 is 25.3. The van der Waals surface area contributed by atoms with Crippen molar-refractivity contribution in [2.75, 3.05) is 6.61 Å². The summed E-state index contributed by atoms with van der Waals surface area (Å²) in [5, 5.41) is 0. The van der Waals surface area contributed by atoms with E-state index < -0.39 is 5.60 Å². The zero-order chi connectivity index (χ0) is 17.0. The Balaban J connectivity index is 1.55. The predicted octanol–water partition coefficient (Wildman–Crippen LogP) is 4.00. The quantitative estimate of drug-likeness (QED) is 0.779. The Morgan fingerprint density at radius 1 is 0.917 bits per heavy atom. The number of ether oxygens (including phenoxy) is 4. The molecular weight excluding hydrogens is 304 g/mol. The van der Waals surface area contributed by atoms with Gasteiger partial charge in [0.05, 0.1) is 30.0 Å². The van der Waals surface area contributed by atoms with Crippen molar-refractivity contribution < 1.29 is 18.9 Å². The lowest BCUT2D eigenvalue weighted by atomic mass is 9.76. The fourth-order valence-electron chi connectivity index (χ4n) is 4.27. The van der Waals surface area contributed by atoms with Crippen LogP contribution in [0.4, 0.5) is 0 Å². The van der Waals surface area contributed by atoms with Crippen LogP contribution in [0.3, 0.4) is 0 Å². The van der Waals surface area contributed by atoms with Crippen LogP contribution >= 0.6 is 0 Å². The summed E-state index contributed by atoms with van der Waals surface area (Å²) in [7, 11) is 0. The van der Waals surface area contributed by atoms with Gasteiger partial charge in [-0.15, -0.1) is 0 Å². The third-order valence-corrected chi connectivity index (χ3v) is 5.82. The lowest BCUT2D eigenvalue weighted by Crippen LogP contribution is -2.67. The van der Waals surface area contributed by atoms with Crippen LogP contribution in [0.5, 0.6) is 0 Å². The number of rotatable bonds is 1. The van der Waals surface area contributed by atoms with Gasteiger partial charge in [-0.1, -0.05) is 30.3 Å². The Morgan fingerprint density at radius 2 is 1.67 bits per heavy atom. The molecule has 3 heterocycles. The molecule has 0 unspecified atom stereocenters. The van der Waals surface area contributed by atoms with Gasteiger partial charge in [-0.05, 0) is 40.5 Å². The lowest BCUT2D eigenvalue weighted by Gasteiger charge is -2.58. The molecule has 0 aromatic heterocycles. The Labute approximate surface area is 144 Å². The standard InChI is InChI=1S/C20H28O4/c1-18(2)10-11-19(3)16(23-18)12-15-20(4,24-19)13-21-17(22-15)14-8-6-5-7-9-14/h5-9,15-17H,10-13H2,1-4H3/t15-,16+,17+,19-,20+/m0/s1. The van der Waals surface area contributed by atoms with Crippen LogP contribution in [0.2, 0.25) is 0 Å². The second-order valence-electron chi connectivity index (χ2n) is 8.51. The first-order valence-electron chi connectivity index (χ1n) is 9.00. The SMILES string of the molecule is CC1(C)CC[C@]2(C)O[C@]3(C)CO[C@@H](c4ccccc4)O[C@H]3C[C@H]2O1. The average Bonchev–Trinajstić information content (AvgIpc) is 2.54. The van der Waals surface area contributed by atoms with E-state index in [0.29, 0.717) is 6.61 Å². The second-order valence-corrected chi connectivity index (χ2v) is 8.51. The van der Waals surface area contributed by atoms with Crippen LogP contribution in [-0.4, -0.2) is 35.6 Å². The fraction of sp³-hybridized carbons (Fsp3) is 0.700. The third kappa shape index (κ3) is 2.80. The van der Waals surface area contributed by atoms with Gasteiger partial charge in [-0.2, -0.15) is 0 Å². The molecule has 0 radical (unpaired) electrons. The molecule has 132 valence electrons. The monoisotopic (exact) mass is 332 g/mol. The molecule has 3 saturated heterocycles. The van der Waals surface area contributed by atoms with Gasteiger partial charge in [-0.25, -0.2) is 0 Å². The van der Waals surface area contributed by atoms with Crippen LogP contribution < -0.4 is 0 Å². The van der Waals surface area contributed by atoms with Crippen molar-refractivity contribution in [1.29, 1.82) is 0 Å². The van der Waals surface area contributed by atoms with Gasteiger partial charge in [0, 0.05) is 12.0 Å². The highest BCUT2D eigenvalue weighted by atomic mass is 16.7. The molecular formula is C20H28O4. The zero-order valence-electron chi connectivity index (χ0n) is 15.1. The summed E-state index contributed by atoms with van der Waals surface area (Å²) in [5.74, 6) is 0. The zero-order valence-corrected chi connectivity index (χ0v) is 15.1. The van der Waals surface area contributed by atoms with Crippen LogP contribution in [0.25, 0.3) is 0 Å². The van der Waals surface area contributed by atoms with Gasteiger partial charge in [0.1, 0.15) is 5.60 Å². The molecule has 0 spiro atoms. The van der Waals surface area contributed by atoms with Crippen LogP contribution in [-0.2, 0) is 18.9 Å². The van der Waals surface area contributed by atoms with E-state index in [4.69, 9.17) is 18.9 Å². The van der Waals surface area contributed by atoms with E-state index in [1.54, 1.807) is 0 Å². The second kappa shape index (κ2) is 5.53. The summed E-state index contributed by atoms with van der Waals surface area (Å²) >= 11 is 0. The molecule has 1 aromatic rings. The Hall–Kier alpha value is -0.940. The van der Waals surface area contributed by atoms with E-state index in [2.05, 4.69) is 27.7 Å². The van der Waals surface area contributed by atoms with E-state index >= 15 is 0 Å². The highest BCUT2D eigenvalue weighted by Gasteiger charge is 2.58. The molecule has 1 aromatic carbocycles. The maximum atomic E-state index is 6.57. The Bertz CT molecular complexity index is 601. The van der Waals surface area contributed by atoms with Gasteiger partial charge >= 0.3 is 0 Å². The van der Waals surface area contributed by atoms with Gasteiger partial charge < -0.3 is 18.9 Å². The van der Waals surface area contributed by atoms with Gasteiger partial charge in [0.2, 0.25) is 0 Å². The normalized spacial score (nSPS) is 44.4. The van der Waals surface area contributed by atoms with E-state index in [9.17, 15) is 0 Å². The summed E-state index contributed by atoms with van der Waals surface area (Å²) in [4.78, 5) is 0. The minimum absolute atomic E-state index is 0.0246. The van der Waals surface area contributed by atoms with Crippen molar-refractivity contribution >= 4 is 0 Å². The van der Waals surface area contributed by atoms with Crippen molar-refractivity contribution in [2.24, 2.45) is 0 Å². The molecule has 0 aliphatic carbocycles. The summed E-state index contributed by atoms with van der Waals surface area (Å²) in [6, 6.07) is 10.1. The van der Waals surface area contributed by atoms with Crippen molar-refractivity contribution in [3.63, 3.8) is 0 Å². The van der Waals surface area contributed by atoms with Crippen molar-refractivity contribution in [1.82, 2.24) is 0 Å². The number of hydrogen-bond acceptors (Lipinski definition) is 4.